The molecule has 0 saturated carbocycles. The topological polar surface area (TPSA) is 133 Å². The van der Waals surface area contributed by atoms with Crippen LogP contribution in [0.1, 0.15) is 161 Å². The van der Waals surface area contributed by atoms with E-state index in [9.17, 15) is 19.2 Å². The maximum absolute atomic E-state index is 13.6. The normalized spacial score (nSPS) is 18.9. The van der Waals surface area contributed by atoms with Crippen LogP contribution in [0, 0.1) is 0 Å². The van der Waals surface area contributed by atoms with Gasteiger partial charge in [-0.2, -0.15) is 0 Å². The molecule has 1 saturated heterocycles. The van der Waals surface area contributed by atoms with Crippen molar-refractivity contribution in [1.82, 2.24) is 10.2 Å². The number of amides is 2. The van der Waals surface area contributed by atoms with Gasteiger partial charge in [-0.15, -0.1) is 4.99 Å². The predicted molar refractivity (Wildman–Crippen MR) is 233 cm³/mol. The van der Waals surface area contributed by atoms with Gasteiger partial charge in [0.2, 0.25) is 5.96 Å². The van der Waals surface area contributed by atoms with Gasteiger partial charge in [0.05, 0.1) is 6.10 Å². The highest BCUT2D eigenvalue weighted by atomic mass is 28.4. The van der Waals surface area contributed by atoms with Crippen LogP contribution in [0.15, 0.2) is 17.1 Å². The lowest BCUT2D eigenvalue weighted by Crippen LogP contribution is -2.52. The molecule has 2 amide bonds. The van der Waals surface area contributed by atoms with E-state index in [1.807, 2.05) is 6.08 Å². The minimum Gasteiger partial charge on any atom is -0.444 e. The molecule has 0 spiro atoms. The lowest BCUT2D eigenvalue weighted by Gasteiger charge is -2.38. The van der Waals surface area contributed by atoms with Gasteiger partial charge in [-0.25, -0.2) is 9.59 Å². The molecular weight excluding hydrogens is 743 g/mol. The number of aliphatic imine (C=N–C) groups is 1. The second-order valence-corrected chi connectivity index (χ2v) is 30.2. The Hall–Kier alpha value is -2.36. The van der Waals surface area contributed by atoms with Crippen LogP contribution in [0.3, 0.4) is 0 Å². The Bertz CT molecular complexity index is 1370. The molecule has 11 nitrogen and oxygen atoms in total. The molecule has 1 aliphatic rings. The fraction of sp³-hybridized carbons (Fsp3) is 0.837. The third-order valence-electron chi connectivity index (χ3n) is 11.0. The molecule has 0 radical (unpaired) electrons. The molecule has 13 heteroatoms. The number of carbonyl (C=O) groups is 4. The molecule has 0 unspecified atom stereocenters. The average molecular weight is 824 g/mol. The highest BCUT2D eigenvalue weighted by Crippen LogP contribution is 2.39. The Balaban J connectivity index is 3.28. The molecule has 0 aromatic heterocycles. The first-order valence-electron chi connectivity index (χ1n) is 20.9. The van der Waals surface area contributed by atoms with E-state index in [0.29, 0.717) is 38.5 Å². The van der Waals surface area contributed by atoms with E-state index >= 15 is 0 Å². The van der Waals surface area contributed by atoms with Gasteiger partial charge in [0.15, 0.2) is 16.6 Å². The number of likely N-dealkylation sites (tertiary alicyclic amines) is 1. The van der Waals surface area contributed by atoms with Gasteiger partial charge in [0, 0.05) is 43.9 Å². The minimum absolute atomic E-state index is 0.00640. The summed E-state index contributed by atoms with van der Waals surface area (Å²) >= 11 is 0. The average Bonchev–Trinajstić information content (AvgIpc) is 3.35. The molecular formula is C43H81N3O8Si2. The first-order chi connectivity index (χ1) is 25.3. The Labute approximate surface area is 343 Å². The number of ether oxygens (including phenoxy) is 2. The zero-order valence-electron chi connectivity index (χ0n) is 38.7. The molecule has 56 heavy (non-hydrogen) atoms. The lowest BCUT2D eigenvalue weighted by atomic mass is 10.0. The van der Waals surface area contributed by atoms with Crippen LogP contribution in [0.4, 0.5) is 9.59 Å². The second kappa shape index (κ2) is 21.1. The molecule has 0 bridgehead atoms. The summed E-state index contributed by atoms with van der Waals surface area (Å²) in [5.41, 5.74) is -1.65. The SMILES string of the molecule is CC[C@@H](/C=C\CCC(=O)C[C@@H]1CC[C@H](CC(=O)CCC[C@@H](C)O[Si](C)(C)C(C)(C)C)N1/C(=N\C(=O)OC(C)(C)C)NC(=O)OC(C)(C)C)O[Si](C)(C)C(C)(C)C. The number of nitrogens with zero attached hydrogens (tertiary/aromatic N) is 2. The number of hydrogen-bond acceptors (Lipinski definition) is 8. The van der Waals surface area contributed by atoms with E-state index in [4.69, 9.17) is 18.3 Å². The van der Waals surface area contributed by atoms with Gasteiger partial charge < -0.3 is 23.2 Å². The van der Waals surface area contributed by atoms with Crippen LogP contribution in [0.5, 0.6) is 0 Å². The van der Waals surface area contributed by atoms with Crippen molar-refractivity contribution < 1.29 is 37.5 Å². The molecule has 1 aliphatic heterocycles. The van der Waals surface area contributed by atoms with Crippen molar-refractivity contribution >= 4 is 46.3 Å². The van der Waals surface area contributed by atoms with Crippen molar-refractivity contribution in [3.63, 3.8) is 0 Å². The zero-order valence-corrected chi connectivity index (χ0v) is 40.7. The Morgan fingerprint density at radius 3 is 1.71 bits per heavy atom. The molecule has 324 valence electrons. The fourth-order valence-electron chi connectivity index (χ4n) is 5.99. The van der Waals surface area contributed by atoms with Gasteiger partial charge in [-0.3, -0.25) is 14.9 Å². The summed E-state index contributed by atoms with van der Waals surface area (Å²) in [6.07, 6.45) is 7.55. The van der Waals surface area contributed by atoms with Crippen molar-refractivity contribution in [2.45, 2.75) is 233 Å². The monoisotopic (exact) mass is 824 g/mol. The first-order valence-corrected chi connectivity index (χ1v) is 26.7. The van der Waals surface area contributed by atoms with E-state index < -0.39 is 52.1 Å². The molecule has 0 aliphatic carbocycles. The summed E-state index contributed by atoms with van der Waals surface area (Å²) in [7, 11) is -3.88. The largest absolute Gasteiger partial charge is 0.444 e. The Kier molecular flexibility index (Phi) is 19.4. The van der Waals surface area contributed by atoms with E-state index in [0.717, 1.165) is 12.8 Å². The standard InChI is InChI=1S/C43H81N3O8Si2/c1-19-36(54-56(17,18)43(12,13)14)26-21-20-24-34(47)29-32-27-28-33(30-35(48)25-22-23-31(2)53-55(15,16)42(9,10)11)46(32)37(44-38(49)51-40(3,4)5)45-39(50)52-41(6,7)8/h21,26,31-33,36H,19-20,22-25,27-30H2,1-18H3,(H,44,45,49,50)/b26-21-/t31-,32+,33-,36+/m1/s1. The first kappa shape index (κ1) is 51.7. The number of hydrogen-bond donors (Lipinski definition) is 1. The van der Waals surface area contributed by atoms with E-state index in [-0.39, 0.29) is 52.7 Å². The Morgan fingerprint density at radius 2 is 1.25 bits per heavy atom. The molecule has 1 heterocycles. The van der Waals surface area contributed by atoms with E-state index in [1.54, 1.807) is 46.4 Å². The van der Waals surface area contributed by atoms with Gasteiger partial charge in [0.25, 0.3) is 0 Å². The molecule has 4 atom stereocenters. The highest BCUT2D eigenvalue weighted by molar-refractivity contribution is 6.74. The lowest BCUT2D eigenvalue weighted by molar-refractivity contribution is -0.120. The van der Waals surface area contributed by atoms with Crippen molar-refractivity contribution in [2.75, 3.05) is 0 Å². The Morgan fingerprint density at radius 1 is 0.768 bits per heavy atom. The van der Waals surface area contributed by atoms with Gasteiger partial charge in [-0.05, 0) is 123 Å². The third kappa shape index (κ3) is 18.9. The molecule has 1 fully saturated rings. The number of rotatable bonds is 17. The van der Waals surface area contributed by atoms with Crippen LogP contribution in [-0.2, 0) is 27.9 Å². The fourth-order valence-corrected chi connectivity index (χ4v) is 8.82. The summed E-state index contributed by atoms with van der Waals surface area (Å²) in [6, 6.07) is -0.793. The van der Waals surface area contributed by atoms with Crippen molar-refractivity contribution in [3.8, 4) is 0 Å². The number of guanidine groups is 1. The van der Waals surface area contributed by atoms with Gasteiger partial charge in [-0.1, -0.05) is 60.6 Å². The van der Waals surface area contributed by atoms with Crippen LogP contribution < -0.4 is 5.32 Å². The smallest absolute Gasteiger partial charge is 0.437 e. The third-order valence-corrected chi connectivity index (χ3v) is 20.1. The molecule has 0 aromatic rings. The van der Waals surface area contributed by atoms with Crippen LogP contribution in [-0.4, -0.2) is 86.7 Å². The summed E-state index contributed by atoms with van der Waals surface area (Å²) in [6.45, 7) is 36.9. The maximum atomic E-state index is 13.6. The number of allylic oxidation sites excluding steroid dienone is 1. The van der Waals surface area contributed by atoms with Crippen molar-refractivity contribution in [3.05, 3.63) is 12.2 Å². The van der Waals surface area contributed by atoms with Gasteiger partial charge >= 0.3 is 12.2 Å². The summed E-state index contributed by atoms with van der Waals surface area (Å²) in [4.78, 5) is 59.4. The van der Waals surface area contributed by atoms with Crippen LogP contribution >= 0.6 is 0 Å². The van der Waals surface area contributed by atoms with Crippen LogP contribution in [0.25, 0.3) is 0 Å². The minimum atomic E-state index is -1.95. The number of carbonyl (C=O) groups excluding carboxylic acids is 4. The summed E-state index contributed by atoms with van der Waals surface area (Å²) in [5, 5.41) is 2.89. The molecule has 1 rings (SSSR count). The van der Waals surface area contributed by atoms with Crippen LogP contribution in [0.2, 0.25) is 36.3 Å². The predicted octanol–water partition coefficient (Wildman–Crippen LogP) is 11.3. The van der Waals surface area contributed by atoms with Crippen molar-refractivity contribution in [1.29, 1.82) is 0 Å². The maximum Gasteiger partial charge on any atom is 0.437 e. The number of ketones is 2. The van der Waals surface area contributed by atoms with E-state index in [2.05, 4.69) is 98.0 Å². The molecule has 0 aromatic carbocycles. The summed E-state index contributed by atoms with van der Waals surface area (Å²) in [5.74, 6) is 0.0296. The van der Waals surface area contributed by atoms with E-state index in [1.165, 1.54) is 0 Å². The quantitative estimate of drug-likeness (QED) is 0.0658. The second-order valence-electron chi connectivity index (χ2n) is 20.7. The molecule has 1 N–H and O–H groups in total. The number of alkyl carbamates (subject to hydrolysis) is 1. The highest BCUT2D eigenvalue weighted by Gasteiger charge is 2.41. The zero-order chi connectivity index (χ0) is 43.5. The summed E-state index contributed by atoms with van der Waals surface area (Å²) < 4.78 is 24.1. The number of nitrogens with one attached hydrogen (secondary N) is 1. The van der Waals surface area contributed by atoms with Gasteiger partial charge in [0.1, 0.15) is 22.8 Å². The van der Waals surface area contributed by atoms with Crippen molar-refractivity contribution in [2.24, 2.45) is 4.99 Å². The number of Topliss-reactive ketones (excluding diaryl/α,β-unsaturated/α-hetero) is 2.